The number of methoxy groups -OCH3 is 4. The van der Waals surface area contributed by atoms with Gasteiger partial charge in [-0.15, -0.1) is 12.4 Å². The normalized spacial score (nSPS) is 10.2. The highest BCUT2D eigenvalue weighted by atomic mass is 35.5. The number of nitrogen functional groups attached to an aromatic ring is 1. The van der Waals surface area contributed by atoms with Gasteiger partial charge in [0.2, 0.25) is 11.7 Å². The molecule has 10 heteroatoms. The Kier molecular flexibility index (Phi) is 8.20. The Bertz CT molecular complexity index is 1070. The van der Waals surface area contributed by atoms with E-state index in [0.29, 0.717) is 63.2 Å². The molecule has 172 valence electrons. The van der Waals surface area contributed by atoms with Gasteiger partial charge in [-0.3, -0.25) is 4.79 Å². The molecule has 0 aliphatic carbocycles. The number of nitrogens with zero attached hydrogens (tertiary/aromatic N) is 1. The number of anilines is 2. The Hall–Kier alpha value is -3.59. The number of nitrogens with two attached hydrogens (primary N) is 1. The molecule has 0 bridgehead atoms. The van der Waals surface area contributed by atoms with E-state index in [-0.39, 0.29) is 18.3 Å². The molecule has 1 amide bonds. The number of carbonyl (C=O) groups excluding carboxylic acids is 1. The maximum Gasteiger partial charge on any atom is 0.224 e. The van der Waals surface area contributed by atoms with E-state index in [4.69, 9.17) is 29.2 Å². The van der Waals surface area contributed by atoms with E-state index in [2.05, 4.69) is 10.5 Å². The first-order valence-corrected chi connectivity index (χ1v) is 9.49. The molecule has 0 radical (unpaired) electrons. The van der Waals surface area contributed by atoms with Crippen LogP contribution in [-0.4, -0.2) is 39.5 Å². The minimum atomic E-state index is -0.162. The zero-order valence-corrected chi connectivity index (χ0v) is 19.3. The van der Waals surface area contributed by atoms with E-state index < -0.39 is 0 Å². The molecule has 0 fully saturated rings. The van der Waals surface area contributed by atoms with Crippen LogP contribution in [0.3, 0.4) is 0 Å². The molecule has 0 aliphatic heterocycles. The Morgan fingerprint density at radius 1 is 0.969 bits per heavy atom. The van der Waals surface area contributed by atoms with Crippen LogP contribution in [0.5, 0.6) is 23.0 Å². The van der Waals surface area contributed by atoms with Gasteiger partial charge >= 0.3 is 0 Å². The lowest BCUT2D eigenvalue weighted by Crippen LogP contribution is -2.11. The lowest BCUT2D eigenvalue weighted by atomic mass is 9.99. The molecule has 0 spiro atoms. The number of hydrogen-bond acceptors (Lipinski definition) is 8. The molecule has 1 heterocycles. The second kappa shape index (κ2) is 10.6. The number of benzene rings is 2. The second-order valence-corrected chi connectivity index (χ2v) is 6.54. The van der Waals surface area contributed by atoms with Crippen LogP contribution in [0.4, 0.5) is 11.4 Å². The van der Waals surface area contributed by atoms with Crippen molar-refractivity contribution in [3.63, 3.8) is 0 Å². The molecule has 9 nitrogen and oxygen atoms in total. The van der Waals surface area contributed by atoms with Crippen LogP contribution in [0.15, 0.2) is 35.1 Å². The highest BCUT2D eigenvalue weighted by Crippen LogP contribution is 2.44. The van der Waals surface area contributed by atoms with Gasteiger partial charge in [0, 0.05) is 17.5 Å². The van der Waals surface area contributed by atoms with Crippen LogP contribution < -0.4 is 30.0 Å². The van der Waals surface area contributed by atoms with Crippen molar-refractivity contribution >= 4 is 29.7 Å². The summed E-state index contributed by atoms with van der Waals surface area (Å²) in [7, 11) is 6.11. The summed E-state index contributed by atoms with van der Waals surface area (Å²) in [6.07, 6.45) is 1.82. The van der Waals surface area contributed by atoms with E-state index in [1.165, 1.54) is 34.7 Å². The van der Waals surface area contributed by atoms with Crippen molar-refractivity contribution in [3.8, 4) is 45.4 Å². The summed E-state index contributed by atoms with van der Waals surface area (Å²) in [5.74, 6) is 1.66. The Morgan fingerprint density at radius 2 is 1.59 bits per heavy atom. The number of amides is 1. The van der Waals surface area contributed by atoms with Gasteiger partial charge in [0.05, 0.1) is 39.8 Å². The van der Waals surface area contributed by atoms with Crippen molar-refractivity contribution in [1.29, 1.82) is 0 Å². The summed E-state index contributed by atoms with van der Waals surface area (Å²) >= 11 is 0. The van der Waals surface area contributed by atoms with Gasteiger partial charge < -0.3 is 34.5 Å². The first-order chi connectivity index (χ1) is 15.0. The number of nitrogens with one attached hydrogen (secondary N) is 1. The van der Waals surface area contributed by atoms with Crippen molar-refractivity contribution in [2.75, 3.05) is 39.5 Å². The topological polar surface area (TPSA) is 118 Å². The number of halogens is 1. The van der Waals surface area contributed by atoms with E-state index in [1.807, 2.05) is 0 Å². The minimum absolute atomic E-state index is 0. The average molecular weight is 464 g/mol. The predicted octanol–water partition coefficient (Wildman–Crippen LogP) is 4.40. The lowest BCUT2D eigenvalue weighted by Gasteiger charge is -2.15. The lowest BCUT2D eigenvalue weighted by molar-refractivity contribution is -0.115. The quantitative estimate of drug-likeness (QED) is 0.472. The third-order valence-electron chi connectivity index (χ3n) is 4.74. The molecule has 0 saturated carbocycles. The van der Waals surface area contributed by atoms with E-state index in [0.717, 1.165) is 0 Å². The molecule has 1 aromatic heterocycles. The Morgan fingerprint density at radius 3 is 2.12 bits per heavy atom. The van der Waals surface area contributed by atoms with Gasteiger partial charge in [0.25, 0.3) is 0 Å². The summed E-state index contributed by atoms with van der Waals surface area (Å²) in [4.78, 5) is 12.0. The van der Waals surface area contributed by atoms with Gasteiger partial charge in [0.15, 0.2) is 17.2 Å². The van der Waals surface area contributed by atoms with Gasteiger partial charge in [0.1, 0.15) is 12.0 Å². The van der Waals surface area contributed by atoms with Crippen molar-refractivity contribution in [2.24, 2.45) is 0 Å². The summed E-state index contributed by atoms with van der Waals surface area (Å²) in [6.45, 7) is 1.76. The first kappa shape index (κ1) is 24.7. The molecule has 32 heavy (non-hydrogen) atoms. The maximum atomic E-state index is 12.0. The molecule has 0 atom stereocenters. The summed E-state index contributed by atoms with van der Waals surface area (Å²) < 4.78 is 26.9. The molecular formula is C22H26ClN3O6. The zero-order valence-electron chi connectivity index (χ0n) is 18.5. The fourth-order valence-electron chi connectivity index (χ4n) is 3.23. The van der Waals surface area contributed by atoms with Crippen LogP contribution >= 0.6 is 12.4 Å². The minimum Gasteiger partial charge on any atom is -0.493 e. The fourth-order valence-corrected chi connectivity index (χ4v) is 3.23. The molecule has 3 aromatic rings. The third kappa shape index (κ3) is 4.67. The molecule has 2 aromatic carbocycles. The number of carbonyl (C=O) groups is 1. The van der Waals surface area contributed by atoms with E-state index >= 15 is 0 Å². The van der Waals surface area contributed by atoms with Crippen LogP contribution in [0.25, 0.3) is 22.4 Å². The summed E-state index contributed by atoms with van der Waals surface area (Å²) in [6, 6.07) is 7.04. The van der Waals surface area contributed by atoms with E-state index in [1.54, 1.807) is 31.2 Å². The van der Waals surface area contributed by atoms with Crippen molar-refractivity contribution < 1.29 is 28.3 Å². The second-order valence-electron chi connectivity index (χ2n) is 6.54. The predicted molar refractivity (Wildman–Crippen MR) is 124 cm³/mol. The Labute approximate surface area is 192 Å². The van der Waals surface area contributed by atoms with Gasteiger partial charge in [-0.05, 0) is 29.8 Å². The van der Waals surface area contributed by atoms with Crippen molar-refractivity contribution in [2.45, 2.75) is 13.3 Å². The number of hydrogen-bond donors (Lipinski definition) is 2. The molecule has 0 unspecified atom stereocenters. The standard InChI is InChI=1S/C22H25N3O6.ClH/c1-6-19(26)24-16-8-12(7-15(23)21(16)29-4)14-11-31-25-20(14)13-9-17(27-2)22(30-5)18(10-13)28-3;/h7-11H,6,23H2,1-5H3,(H,24,26);1H. The summed E-state index contributed by atoms with van der Waals surface area (Å²) in [5.41, 5.74) is 9.59. The molecule has 3 N–H and O–H groups in total. The average Bonchev–Trinajstić information content (AvgIpc) is 3.27. The largest absolute Gasteiger partial charge is 0.493 e. The highest BCUT2D eigenvalue weighted by Gasteiger charge is 2.21. The Balaban J connectivity index is 0.00000363. The highest BCUT2D eigenvalue weighted by molar-refractivity contribution is 5.96. The van der Waals surface area contributed by atoms with Gasteiger partial charge in [-0.2, -0.15) is 0 Å². The van der Waals surface area contributed by atoms with Gasteiger partial charge in [-0.1, -0.05) is 12.1 Å². The number of ether oxygens (including phenoxy) is 4. The van der Waals surface area contributed by atoms with E-state index in [9.17, 15) is 4.79 Å². The smallest absolute Gasteiger partial charge is 0.224 e. The van der Waals surface area contributed by atoms with Crippen LogP contribution in [0.2, 0.25) is 0 Å². The molecular weight excluding hydrogens is 438 g/mol. The number of rotatable bonds is 8. The molecule has 3 rings (SSSR count). The third-order valence-corrected chi connectivity index (χ3v) is 4.74. The monoisotopic (exact) mass is 463 g/mol. The SMILES string of the molecule is CCC(=O)Nc1cc(-c2conc2-c2cc(OC)c(OC)c(OC)c2)cc(N)c1OC.Cl. The van der Waals surface area contributed by atoms with Crippen LogP contribution in [0, 0.1) is 0 Å². The molecule has 0 saturated heterocycles. The first-order valence-electron chi connectivity index (χ1n) is 9.49. The summed E-state index contributed by atoms with van der Waals surface area (Å²) in [5, 5.41) is 6.98. The van der Waals surface area contributed by atoms with Gasteiger partial charge in [-0.25, -0.2) is 0 Å². The zero-order chi connectivity index (χ0) is 22.5. The van der Waals surface area contributed by atoms with Crippen molar-refractivity contribution in [1.82, 2.24) is 5.16 Å². The maximum absolute atomic E-state index is 12.0. The van der Waals surface area contributed by atoms with Crippen LogP contribution in [-0.2, 0) is 4.79 Å². The van der Waals surface area contributed by atoms with Crippen LogP contribution in [0.1, 0.15) is 13.3 Å². The number of aromatic nitrogens is 1. The fraction of sp³-hybridized carbons (Fsp3) is 0.273. The van der Waals surface area contributed by atoms with Crippen molar-refractivity contribution in [3.05, 3.63) is 30.5 Å². The molecule has 0 aliphatic rings.